The number of halogens is 1. The monoisotopic (exact) mass is 460 g/mol. The number of methoxy groups -OCH3 is 2. The highest BCUT2D eigenvalue weighted by Gasteiger charge is 2.61. The van der Waals surface area contributed by atoms with Gasteiger partial charge in [0.05, 0.1) is 30.9 Å². The van der Waals surface area contributed by atoms with Crippen LogP contribution >= 0.6 is 15.9 Å². The largest absolute Gasteiger partial charge is 0.497 e. The van der Waals surface area contributed by atoms with Crippen LogP contribution in [0.15, 0.2) is 29.3 Å². The molecule has 1 heterocycles. The lowest BCUT2D eigenvalue weighted by Gasteiger charge is -2.60. The normalized spacial score (nSPS) is 32.2. The van der Waals surface area contributed by atoms with Crippen LogP contribution in [0.5, 0.6) is 11.5 Å². The number of amides is 1. The summed E-state index contributed by atoms with van der Waals surface area (Å²) < 4.78 is 13.4. The van der Waals surface area contributed by atoms with E-state index < -0.39 is 0 Å². The van der Waals surface area contributed by atoms with Gasteiger partial charge in [-0.1, -0.05) is 0 Å². The topological polar surface area (TPSA) is 78.3 Å². The maximum absolute atomic E-state index is 13.6. The number of nitrogens with zero attached hydrogens (tertiary/aromatic N) is 3. The van der Waals surface area contributed by atoms with Gasteiger partial charge in [0, 0.05) is 6.07 Å². The first kappa shape index (κ1) is 18.9. The molecule has 1 amide bonds. The Kier molecular flexibility index (Phi) is 4.38. The molecule has 29 heavy (non-hydrogen) atoms. The molecule has 154 valence electrons. The van der Waals surface area contributed by atoms with Gasteiger partial charge in [0.2, 0.25) is 10.6 Å². The van der Waals surface area contributed by atoms with E-state index in [0.717, 1.165) is 32.1 Å². The number of benzene rings is 1. The number of carbonyl (C=O) groups excluding carboxylic acids is 1. The van der Waals surface area contributed by atoms with Crippen molar-refractivity contribution < 1.29 is 14.3 Å². The third kappa shape index (κ3) is 3.03. The first-order valence-electron chi connectivity index (χ1n) is 10.1. The van der Waals surface area contributed by atoms with E-state index in [1.165, 1.54) is 6.42 Å². The quantitative estimate of drug-likeness (QED) is 0.729. The molecule has 0 radical (unpaired) electrons. The van der Waals surface area contributed by atoms with E-state index in [0.29, 0.717) is 33.8 Å². The molecule has 4 atom stereocenters. The molecule has 6 rings (SSSR count). The smallest absolute Gasteiger partial charge is 0.230 e. The fourth-order valence-corrected chi connectivity index (χ4v) is 6.64. The molecule has 8 heteroatoms. The van der Waals surface area contributed by atoms with Gasteiger partial charge < -0.3 is 14.8 Å². The highest BCUT2D eigenvalue weighted by atomic mass is 79.9. The number of carbonyl (C=O) groups is 1. The summed E-state index contributed by atoms with van der Waals surface area (Å²) in [6.07, 6.45) is 7.91. The Morgan fingerprint density at radius 1 is 1.21 bits per heavy atom. The Morgan fingerprint density at radius 3 is 2.59 bits per heavy atom. The van der Waals surface area contributed by atoms with E-state index in [4.69, 9.17) is 9.47 Å². The summed E-state index contributed by atoms with van der Waals surface area (Å²) in [5.41, 5.74) is 0.212. The van der Waals surface area contributed by atoms with Crippen molar-refractivity contribution in [1.82, 2.24) is 14.8 Å². The summed E-state index contributed by atoms with van der Waals surface area (Å²) in [4.78, 5) is 17.9. The van der Waals surface area contributed by atoms with E-state index in [1.807, 2.05) is 23.1 Å². The molecule has 1 aromatic carbocycles. The van der Waals surface area contributed by atoms with Crippen LogP contribution < -0.4 is 14.8 Å². The summed E-state index contributed by atoms with van der Waals surface area (Å²) in [5.74, 6) is 2.52. The number of rotatable bonds is 5. The fourth-order valence-electron chi connectivity index (χ4n) is 6.38. The molecule has 2 aromatic rings. The second kappa shape index (κ2) is 6.72. The number of ether oxygens (including phenoxy) is 2. The van der Waals surface area contributed by atoms with Gasteiger partial charge >= 0.3 is 0 Å². The summed E-state index contributed by atoms with van der Waals surface area (Å²) in [6.45, 7) is 0. The lowest BCUT2D eigenvalue weighted by Crippen LogP contribution is -2.60. The molecule has 4 fully saturated rings. The molecular formula is C21H25BrN4O3. The molecule has 0 saturated heterocycles. The number of hydrogen-bond acceptors (Lipinski definition) is 5. The second-order valence-corrected chi connectivity index (χ2v) is 9.65. The van der Waals surface area contributed by atoms with Crippen molar-refractivity contribution in [3.63, 3.8) is 0 Å². The van der Waals surface area contributed by atoms with Gasteiger partial charge in [-0.05, 0) is 78.4 Å². The average molecular weight is 461 g/mol. The van der Waals surface area contributed by atoms with E-state index in [-0.39, 0.29) is 16.9 Å². The molecule has 0 aliphatic heterocycles. The van der Waals surface area contributed by atoms with Crippen LogP contribution in [0.4, 0.5) is 5.69 Å². The maximum atomic E-state index is 13.6. The Labute approximate surface area is 178 Å². The van der Waals surface area contributed by atoms with Gasteiger partial charge in [0.25, 0.3) is 0 Å². The predicted molar refractivity (Wildman–Crippen MR) is 111 cm³/mol. The van der Waals surface area contributed by atoms with Gasteiger partial charge in [-0.2, -0.15) is 0 Å². The van der Waals surface area contributed by atoms with Crippen molar-refractivity contribution in [2.75, 3.05) is 19.5 Å². The van der Waals surface area contributed by atoms with Crippen molar-refractivity contribution in [2.45, 2.75) is 44.1 Å². The van der Waals surface area contributed by atoms with Crippen molar-refractivity contribution in [2.24, 2.45) is 17.3 Å². The van der Waals surface area contributed by atoms with Crippen molar-refractivity contribution in [3.8, 4) is 11.5 Å². The summed E-state index contributed by atoms with van der Waals surface area (Å²) in [5, 5.41) is 7.75. The molecule has 4 saturated carbocycles. The molecule has 2 unspecified atom stereocenters. The summed E-state index contributed by atoms with van der Waals surface area (Å²) in [7, 11) is 3.22. The number of nitrogens with one attached hydrogen (secondary N) is 1. The van der Waals surface area contributed by atoms with Crippen LogP contribution in [0, 0.1) is 17.3 Å². The minimum absolute atomic E-state index is 0.0959. The SMILES string of the molecule is COc1ccc(NC(=O)C23C[C@H]4C[C@@H](C2)CC(n2cnc(Br)n2)(C4)C3)c(OC)c1. The zero-order valence-electron chi connectivity index (χ0n) is 16.7. The van der Waals surface area contributed by atoms with Gasteiger partial charge in [-0.15, -0.1) is 5.10 Å². The zero-order valence-corrected chi connectivity index (χ0v) is 18.2. The van der Waals surface area contributed by atoms with Crippen molar-refractivity contribution in [3.05, 3.63) is 29.3 Å². The van der Waals surface area contributed by atoms with Crippen LogP contribution in [0.2, 0.25) is 0 Å². The van der Waals surface area contributed by atoms with Crippen LogP contribution in [0.1, 0.15) is 38.5 Å². The minimum atomic E-state index is -0.368. The predicted octanol–water partition coefficient (Wildman–Crippen LogP) is 3.99. The molecular weight excluding hydrogens is 436 g/mol. The van der Waals surface area contributed by atoms with E-state index in [9.17, 15) is 4.79 Å². The summed E-state index contributed by atoms with van der Waals surface area (Å²) >= 11 is 3.38. The van der Waals surface area contributed by atoms with E-state index in [2.05, 4.69) is 31.3 Å². The molecule has 4 bridgehead atoms. The van der Waals surface area contributed by atoms with E-state index in [1.54, 1.807) is 20.3 Å². The van der Waals surface area contributed by atoms with Gasteiger partial charge in [0.1, 0.15) is 17.8 Å². The summed E-state index contributed by atoms with van der Waals surface area (Å²) in [6, 6.07) is 5.48. The highest BCUT2D eigenvalue weighted by molar-refractivity contribution is 9.10. The van der Waals surface area contributed by atoms with Gasteiger partial charge in [0.15, 0.2) is 0 Å². The number of hydrogen-bond donors (Lipinski definition) is 1. The Balaban J connectivity index is 1.45. The fraction of sp³-hybridized carbons (Fsp3) is 0.571. The first-order valence-corrected chi connectivity index (χ1v) is 10.9. The Hall–Kier alpha value is -2.09. The van der Waals surface area contributed by atoms with E-state index >= 15 is 0 Å². The van der Waals surface area contributed by atoms with Crippen LogP contribution in [0.25, 0.3) is 0 Å². The molecule has 4 aliphatic rings. The minimum Gasteiger partial charge on any atom is -0.497 e. The molecule has 4 aliphatic carbocycles. The molecule has 1 N–H and O–H groups in total. The van der Waals surface area contributed by atoms with Crippen LogP contribution in [-0.4, -0.2) is 34.9 Å². The number of aromatic nitrogens is 3. The van der Waals surface area contributed by atoms with Gasteiger partial charge in [-0.3, -0.25) is 4.79 Å². The lowest BCUT2D eigenvalue weighted by atomic mass is 9.46. The molecule has 1 aromatic heterocycles. The van der Waals surface area contributed by atoms with Crippen LogP contribution in [0.3, 0.4) is 0 Å². The molecule has 0 spiro atoms. The first-order chi connectivity index (χ1) is 13.9. The molecule has 7 nitrogen and oxygen atoms in total. The highest BCUT2D eigenvalue weighted by Crippen LogP contribution is 2.64. The number of anilines is 1. The third-order valence-corrected chi connectivity index (χ3v) is 7.48. The third-order valence-electron chi connectivity index (χ3n) is 7.12. The standard InChI is InChI=1S/C21H25BrN4O3/c1-28-15-3-4-16(17(6-15)29-2)24-18(27)20-7-13-5-14(8-20)10-21(9-13,11-20)26-12-23-19(22)25-26/h3-4,6,12-14H,5,7-11H2,1-2H3,(H,24,27)/t13-,14+,20?,21?. The Bertz CT molecular complexity index is 945. The lowest BCUT2D eigenvalue weighted by molar-refractivity contribution is -0.150. The van der Waals surface area contributed by atoms with Crippen molar-refractivity contribution >= 4 is 27.5 Å². The average Bonchev–Trinajstić information content (AvgIpc) is 3.14. The van der Waals surface area contributed by atoms with Crippen LogP contribution in [-0.2, 0) is 10.3 Å². The zero-order chi connectivity index (χ0) is 20.2. The Morgan fingerprint density at radius 2 is 1.97 bits per heavy atom. The maximum Gasteiger partial charge on any atom is 0.230 e. The van der Waals surface area contributed by atoms with Gasteiger partial charge in [-0.25, -0.2) is 9.67 Å². The second-order valence-electron chi connectivity index (χ2n) is 8.94. The van der Waals surface area contributed by atoms with Crippen molar-refractivity contribution in [1.29, 1.82) is 0 Å².